The first kappa shape index (κ1) is 10.6. The van der Waals surface area contributed by atoms with Crippen LogP contribution in [0.2, 0.25) is 0 Å². The standard InChI is InChI=1S/C9H7F3O2/c1-4-3-5(10)7(11)8(12)6(4)9(13)14-2/h3H,1-2H3. The molecule has 1 rings (SSSR count). The van der Waals surface area contributed by atoms with E-state index in [-0.39, 0.29) is 5.56 Å². The van der Waals surface area contributed by atoms with Crippen molar-refractivity contribution in [2.45, 2.75) is 6.92 Å². The van der Waals surface area contributed by atoms with Crippen LogP contribution in [0.1, 0.15) is 15.9 Å². The number of carbonyl (C=O) groups is 1. The number of hydrogen-bond acceptors (Lipinski definition) is 2. The average molecular weight is 204 g/mol. The lowest BCUT2D eigenvalue weighted by molar-refractivity contribution is 0.0593. The summed E-state index contributed by atoms with van der Waals surface area (Å²) in [6.45, 7) is 1.29. The first-order chi connectivity index (χ1) is 6.49. The molecule has 0 aliphatic rings. The van der Waals surface area contributed by atoms with Gasteiger partial charge in [0.05, 0.1) is 7.11 Å². The van der Waals surface area contributed by atoms with E-state index < -0.39 is 29.0 Å². The molecule has 0 radical (unpaired) electrons. The van der Waals surface area contributed by atoms with Crippen molar-refractivity contribution in [2.75, 3.05) is 7.11 Å². The van der Waals surface area contributed by atoms with Crippen molar-refractivity contribution in [3.8, 4) is 0 Å². The summed E-state index contributed by atoms with van der Waals surface area (Å²) in [5, 5.41) is 0. The Morgan fingerprint density at radius 3 is 2.36 bits per heavy atom. The number of hydrogen-bond donors (Lipinski definition) is 0. The summed E-state index contributed by atoms with van der Waals surface area (Å²) in [5.41, 5.74) is -0.584. The normalized spacial score (nSPS) is 10.1. The Balaban J connectivity index is 3.44. The van der Waals surface area contributed by atoms with E-state index in [1.165, 1.54) is 6.92 Å². The van der Waals surface area contributed by atoms with Gasteiger partial charge in [0, 0.05) is 0 Å². The van der Waals surface area contributed by atoms with Crippen molar-refractivity contribution in [2.24, 2.45) is 0 Å². The molecular weight excluding hydrogens is 197 g/mol. The maximum Gasteiger partial charge on any atom is 0.341 e. The minimum atomic E-state index is -1.67. The largest absolute Gasteiger partial charge is 0.465 e. The minimum Gasteiger partial charge on any atom is -0.465 e. The summed E-state index contributed by atoms with van der Waals surface area (Å²) in [6.07, 6.45) is 0. The highest BCUT2D eigenvalue weighted by Crippen LogP contribution is 2.20. The topological polar surface area (TPSA) is 26.3 Å². The molecular formula is C9H7F3O2. The van der Waals surface area contributed by atoms with E-state index in [1.54, 1.807) is 0 Å². The molecule has 0 spiro atoms. The van der Waals surface area contributed by atoms with Crippen molar-refractivity contribution < 1.29 is 22.7 Å². The molecule has 0 N–H and O–H groups in total. The Kier molecular flexibility index (Phi) is 2.78. The van der Waals surface area contributed by atoms with Gasteiger partial charge in [-0.25, -0.2) is 18.0 Å². The van der Waals surface area contributed by atoms with Gasteiger partial charge in [-0.2, -0.15) is 0 Å². The van der Waals surface area contributed by atoms with Crippen molar-refractivity contribution in [1.82, 2.24) is 0 Å². The molecule has 0 atom stereocenters. The highest BCUT2D eigenvalue weighted by Gasteiger charge is 2.22. The van der Waals surface area contributed by atoms with Crippen LogP contribution in [0.5, 0.6) is 0 Å². The van der Waals surface area contributed by atoms with Crippen molar-refractivity contribution in [3.63, 3.8) is 0 Å². The number of benzene rings is 1. The van der Waals surface area contributed by atoms with Crippen LogP contribution in [0.25, 0.3) is 0 Å². The fraction of sp³-hybridized carbons (Fsp3) is 0.222. The molecule has 0 aliphatic heterocycles. The quantitative estimate of drug-likeness (QED) is 0.517. The SMILES string of the molecule is COC(=O)c1c(C)cc(F)c(F)c1F. The second-order valence-corrected chi connectivity index (χ2v) is 2.67. The zero-order valence-corrected chi connectivity index (χ0v) is 7.53. The Hall–Kier alpha value is -1.52. The van der Waals surface area contributed by atoms with Gasteiger partial charge in [-0.3, -0.25) is 0 Å². The van der Waals surface area contributed by atoms with Gasteiger partial charge in [0.2, 0.25) is 0 Å². The summed E-state index contributed by atoms with van der Waals surface area (Å²) in [6, 6.07) is 0.741. The predicted molar refractivity (Wildman–Crippen MR) is 42.4 cm³/mol. The van der Waals surface area contributed by atoms with E-state index in [2.05, 4.69) is 4.74 Å². The number of carbonyl (C=O) groups excluding carboxylic acids is 1. The molecule has 2 nitrogen and oxygen atoms in total. The molecule has 0 aliphatic carbocycles. The number of methoxy groups -OCH3 is 1. The van der Waals surface area contributed by atoms with Crippen LogP contribution in [0.3, 0.4) is 0 Å². The summed E-state index contributed by atoms with van der Waals surface area (Å²) in [7, 11) is 1.03. The first-order valence-electron chi connectivity index (χ1n) is 3.71. The third-order valence-corrected chi connectivity index (χ3v) is 1.75. The number of halogens is 3. The molecule has 0 unspecified atom stereocenters. The molecule has 1 aromatic carbocycles. The van der Waals surface area contributed by atoms with Crippen LogP contribution < -0.4 is 0 Å². The highest BCUT2D eigenvalue weighted by molar-refractivity contribution is 5.91. The lowest BCUT2D eigenvalue weighted by atomic mass is 10.1. The number of esters is 1. The third-order valence-electron chi connectivity index (χ3n) is 1.75. The Morgan fingerprint density at radius 1 is 1.29 bits per heavy atom. The zero-order chi connectivity index (χ0) is 10.9. The summed E-state index contributed by atoms with van der Waals surface area (Å²) >= 11 is 0. The zero-order valence-electron chi connectivity index (χ0n) is 7.53. The van der Waals surface area contributed by atoms with Gasteiger partial charge in [-0.05, 0) is 18.6 Å². The predicted octanol–water partition coefficient (Wildman–Crippen LogP) is 2.20. The molecule has 0 fully saturated rings. The number of aryl methyl sites for hydroxylation is 1. The highest BCUT2D eigenvalue weighted by atomic mass is 19.2. The average Bonchev–Trinajstić information content (AvgIpc) is 2.14. The molecule has 0 aromatic heterocycles. The van der Waals surface area contributed by atoms with Crippen molar-refractivity contribution in [3.05, 3.63) is 34.6 Å². The maximum absolute atomic E-state index is 13.0. The molecule has 76 valence electrons. The van der Waals surface area contributed by atoms with E-state index in [1.807, 2.05) is 0 Å². The second kappa shape index (κ2) is 3.69. The van der Waals surface area contributed by atoms with E-state index in [0.29, 0.717) is 0 Å². The van der Waals surface area contributed by atoms with E-state index in [0.717, 1.165) is 13.2 Å². The van der Waals surface area contributed by atoms with Crippen LogP contribution in [0.4, 0.5) is 13.2 Å². The number of rotatable bonds is 1. The molecule has 0 heterocycles. The van der Waals surface area contributed by atoms with E-state index in [4.69, 9.17) is 0 Å². The van der Waals surface area contributed by atoms with Gasteiger partial charge < -0.3 is 4.74 Å². The molecule has 0 saturated heterocycles. The first-order valence-corrected chi connectivity index (χ1v) is 3.71. The third kappa shape index (κ3) is 1.57. The Bertz CT molecular complexity index is 388. The Labute approximate surface area is 78.3 Å². The molecule has 14 heavy (non-hydrogen) atoms. The van der Waals surface area contributed by atoms with Crippen LogP contribution in [0.15, 0.2) is 6.07 Å². The lowest BCUT2D eigenvalue weighted by Crippen LogP contribution is -2.10. The van der Waals surface area contributed by atoms with E-state index >= 15 is 0 Å². The van der Waals surface area contributed by atoms with Gasteiger partial charge in [-0.1, -0.05) is 0 Å². The summed E-state index contributed by atoms with van der Waals surface area (Å²) in [4.78, 5) is 11.0. The molecule has 0 bridgehead atoms. The molecule has 0 saturated carbocycles. The second-order valence-electron chi connectivity index (χ2n) is 2.67. The molecule has 5 heteroatoms. The van der Waals surface area contributed by atoms with E-state index in [9.17, 15) is 18.0 Å². The monoisotopic (exact) mass is 204 g/mol. The van der Waals surface area contributed by atoms with Crippen LogP contribution in [-0.4, -0.2) is 13.1 Å². The van der Waals surface area contributed by atoms with Gasteiger partial charge in [0.1, 0.15) is 5.56 Å². The fourth-order valence-corrected chi connectivity index (χ4v) is 1.07. The van der Waals surface area contributed by atoms with Crippen LogP contribution >= 0.6 is 0 Å². The molecule has 0 amide bonds. The minimum absolute atomic E-state index is 0.00625. The number of ether oxygens (including phenoxy) is 1. The van der Waals surface area contributed by atoms with Gasteiger partial charge in [-0.15, -0.1) is 0 Å². The summed E-state index contributed by atoms with van der Waals surface area (Å²) < 4.78 is 42.6. The van der Waals surface area contributed by atoms with Gasteiger partial charge in [0.25, 0.3) is 0 Å². The van der Waals surface area contributed by atoms with Crippen LogP contribution in [-0.2, 0) is 4.74 Å². The Morgan fingerprint density at radius 2 is 1.86 bits per heavy atom. The summed E-state index contributed by atoms with van der Waals surface area (Å²) in [5.74, 6) is -5.54. The van der Waals surface area contributed by atoms with Gasteiger partial charge >= 0.3 is 5.97 Å². The molecule has 1 aromatic rings. The lowest BCUT2D eigenvalue weighted by Gasteiger charge is -2.06. The van der Waals surface area contributed by atoms with Crippen LogP contribution in [0, 0.1) is 24.4 Å². The smallest absolute Gasteiger partial charge is 0.341 e. The van der Waals surface area contributed by atoms with Crippen molar-refractivity contribution >= 4 is 5.97 Å². The van der Waals surface area contributed by atoms with Crippen molar-refractivity contribution in [1.29, 1.82) is 0 Å². The maximum atomic E-state index is 13.0. The van der Waals surface area contributed by atoms with Gasteiger partial charge in [0.15, 0.2) is 17.5 Å². The fourth-order valence-electron chi connectivity index (χ4n) is 1.07.